The number of rotatable bonds is 6. The predicted octanol–water partition coefficient (Wildman–Crippen LogP) is 5.02. The van der Waals surface area contributed by atoms with Crippen LogP contribution in [-0.4, -0.2) is 15.9 Å². The number of aliphatic hydroxyl groups is 1. The molecule has 0 spiro atoms. The summed E-state index contributed by atoms with van der Waals surface area (Å²) in [6, 6.07) is 32.2. The molecule has 1 N–H and O–H groups in total. The summed E-state index contributed by atoms with van der Waals surface area (Å²) in [5, 5.41) is 14.4. The van der Waals surface area contributed by atoms with Gasteiger partial charge in [-0.1, -0.05) is 54.6 Å². The number of nitrogens with zero attached hydrogens (tertiary/aromatic N) is 1. The molecule has 0 atom stereocenters. The Kier molecular flexibility index (Phi) is 6.46. The molecular formula is C30H31NO3P+. The molecule has 5 rings (SSSR count). The number of pyridine rings is 1. The lowest BCUT2D eigenvalue weighted by Crippen LogP contribution is -2.37. The zero-order chi connectivity index (χ0) is 24.5. The van der Waals surface area contributed by atoms with Crippen molar-refractivity contribution >= 4 is 23.2 Å². The number of benzene rings is 3. The Bertz CT molecular complexity index is 1210. The van der Waals surface area contributed by atoms with E-state index in [0.29, 0.717) is 12.8 Å². The molecule has 0 unspecified atom stereocenters. The van der Waals surface area contributed by atoms with Crippen LogP contribution in [0.15, 0.2) is 91.0 Å². The van der Waals surface area contributed by atoms with Crippen LogP contribution in [0.25, 0.3) is 0 Å². The molecule has 0 bridgehead atoms. The van der Waals surface area contributed by atoms with Crippen molar-refractivity contribution in [1.29, 1.82) is 0 Å². The molecule has 3 aromatic carbocycles. The van der Waals surface area contributed by atoms with Crippen molar-refractivity contribution < 1.29 is 14.6 Å². The molecule has 35 heavy (non-hydrogen) atoms. The van der Waals surface area contributed by atoms with Crippen LogP contribution in [0, 0.1) is 6.92 Å². The van der Waals surface area contributed by atoms with Gasteiger partial charge in [-0.15, -0.1) is 0 Å². The number of fused-ring (bicyclic) bond motifs is 1. The minimum absolute atomic E-state index is 0.115. The molecule has 4 aromatic rings. The van der Waals surface area contributed by atoms with Gasteiger partial charge in [0.25, 0.3) is 0 Å². The molecular weight excluding hydrogens is 453 g/mol. The summed E-state index contributed by atoms with van der Waals surface area (Å²) < 4.78 is 12.1. The van der Waals surface area contributed by atoms with E-state index >= 15 is 0 Å². The first-order valence-corrected chi connectivity index (χ1v) is 13.9. The monoisotopic (exact) mass is 484 g/mol. The maximum atomic E-state index is 10.6. The first-order valence-electron chi connectivity index (χ1n) is 11.9. The molecule has 0 saturated carbocycles. The zero-order valence-corrected chi connectivity index (χ0v) is 21.3. The average molecular weight is 485 g/mol. The highest BCUT2D eigenvalue weighted by atomic mass is 31.2. The minimum atomic E-state index is -2.15. The lowest BCUT2D eigenvalue weighted by molar-refractivity contribution is -0.181. The lowest BCUT2D eigenvalue weighted by atomic mass is 10.0. The van der Waals surface area contributed by atoms with Gasteiger partial charge in [0, 0.05) is 25.0 Å². The summed E-state index contributed by atoms with van der Waals surface area (Å²) in [6.07, 6.45) is 0.693. The van der Waals surface area contributed by atoms with Gasteiger partial charge in [0.15, 0.2) is 0 Å². The molecule has 0 saturated heterocycles. The summed E-state index contributed by atoms with van der Waals surface area (Å²) in [5.41, 5.74) is 3.45. The Morgan fingerprint density at radius 3 is 1.77 bits per heavy atom. The first kappa shape index (κ1) is 23.7. The van der Waals surface area contributed by atoms with Crippen molar-refractivity contribution in [2.75, 3.05) is 0 Å². The Hall–Kier alpha value is -3.04. The molecule has 0 aliphatic carbocycles. The van der Waals surface area contributed by atoms with Crippen molar-refractivity contribution in [2.45, 2.75) is 45.9 Å². The van der Waals surface area contributed by atoms with Gasteiger partial charge in [-0.2, -0.15) is 0 Å². The maximum absolute atomic E-state index is 10.6. The number of aliphatic hydroxyl groups excluding tert-OH is 1. The Morgan fingerprint density at radius 1 is 0.829 bits per heavy atom. The van der Waals surface area contributed by atoms with Crippen LogP contribution in [0.4, 0.5) is 0 Å². The van der Waals surface area contributed by atoms with E-state index in [-0.39, 0.29) is 6.61 Å². The van der Waals surface area contributed by atoms with Crippen molar-refractivity contribution in [2.24, 2.45) is 0 Å². The van der Waals surface area contributed by atoms with Crippen LogP contribution in [0.2, 0.25) is 0 Å². The van der Waals surface area contributed by atoms with E-state index in [1.54, 1.807) is 0 Å². The summed E-state index contributed by atoms with van der Waals surface area (Å²) in [7, 11) is -2.15. The quantitative estimate of drug-likeness (QED) is 0.391. The van der Waals surface area contributed by atoms with E-state index < -0.39 is 13.0 Å². The highest BCUT2D eigenvalue weighted by Gasteiger charge is 2.47. The van der Waals surface area contributed by atoms with Gasteiger partial charge < -0.3 is 14.6 Å². The fraction of sp³-hybridized carbons (Fsp3) is 0.233. The fourth-order valence-corrected chi connectivity index (χ4v) is 9.17. The highest BCUT2D eigenvalue weighted by molar-refractivity contribution is 7.95. The maximum Gasteiger partial charge on any atom is 0.205 e. The molecule has 0 radical (unpaired) electrons. The molecule has 178 valence electrons. The molecule has 2 heterocycles. The van der Waals surface area contributed by atoms with E-state index in [1.165, 1.54) is 15.9 Å². The zero-order valence-electron chi connectivity index (χ0n) is 20.4. The van der Waals surface area contributed by atoms with E-state index in [1.807, 2.05) is 20.8 Å². The van der Waals surface area contributed by atoms with Crippen LogP contribution < -0.4 is 20.7 Å². The highest BCUT2D eigenvalue weighted by Crippen LogP contribution is 2.58. The summed E-state index contributed by atoms with van der Waals surface area (Å²) in [6.45, 7) is 6.06. The van der Waals surface area contributed by atoms with E-state index in [0.717, 1.165) is 28.3 Å². The van der Waals surface area contributed by atoms with Crippen LogP contribution in [0.1, 0.15) is 36.4 Å². The number of hydrogen-bond acceptors (Lipinski definition) is 4. The third-order valence-electron chi connectivity index (χ3n) is 6.67. The Labute approximate surface area is 207 Å². The topological polar surface area (TPSA) is 51.6 Å². The number of ether oxygens (including phenoxy) is 2. The Morgan fingerprint density at radius 2 is 1.31 bits per heavy atom. The van der Waals surface area contributed by atoms with Gasteiger partial charge in [-0.05, 0) is 43.3 Å². The summed E-state index contributed by atoms with van der Waals surface area (Å²) >= 11 is 0. The van der Waals surface area contributed by atoms with Crippen LogP contribution >= 0.6 is 7.26 Å². The van der Waals surface area contributed by atoms with E-state index in [2.05, 4.69) is 91.0 Å². The van der Waals surface area contributed by atoms with Crippen molar-refractivity contribution in [3.63, 3.8) is 0 Å². The second kappa shape index (κ2) is 9.54. The normalized spacial score (nSPS) is 14.7. The van der Waals surface area contributed by atoms with Crippen LogP contribution in [0.5, 0.6) is 5.75 Å². The molecule has 5 heteroatoms. The van der Waals surface area contributed by atoms with Gasteiger partial charge in [-0.25, -0.2) is 4.98 Å². The van der Waals surface area contributed by atoms with Crippen molar-refractivity contribution in [3.05, 3.63) is 114 Å². The van der Waals surface area contributed by atoms with Crippen LogP contribution in [-0.2, 0) is 24.1 Å². The first-order chi connectivity index (χ1) is 16.9. The molecule has 0 amide bonds. The molecule has 4 nitrogen and oxygen atoms in total. The van der Waals surface area contributed by atoms with E-state index in [9.17, 15) is 5.11 Å². The third kappa shape index (κ3) is 4.38. The third-order valence-corrected chi connectivity index (χ3v) is 11.0. The smallest absolute Gasteiger partial charge is 0.205 e. The summed E-state index contributed by atoms with van der Waals surface area (Å²) in [4.78, 5) is 5.07. The summed E-state index contributed by atoms with van der Waals surface area (Å²) in [5.74, 6) is 0.0138. The van der Waals surface area contributed by atoms with E-state index in [4.69, 9.17) is 14.5 Å². The number of aromatic nitrogens is 1. The van der Waals surface area contributed by atoms with Crippen molar-refractivity contribution in [1.82, 2.24) is 4.98 Å². The SMILES string of the molecule is Cc1nc(C[P+](c2ccccc2)(c2ccccc2)c2ccccc2)c(CO)c2c1OC(C)(C)OC2. The average Bonchev–Trinajstić information content (AvgIpc) is 2.89. The van der Waals surface area contributed by atoms with Gasteiger partial charge >= 0.3 is 0 Å². The molecule has 1 aromatic heterocycles. The second-order valence-electron chi connectivity index (χ2n) is 9.35. The number of aryl methyl sites for hydroxylation is 1. The lowest BCUT2D eigenvalue weighted by Gasteiger charge is -2.35. The van der Waals surface area contributed by atoms with Gasteiger partial charge in [0.1, 0.15) is 35.1 Å². The number of hydrogen-bond donors (Lipinski definition) is 1. The predicted molar refractivity (Wildman–Crippen MR) is 143 cm³/mol. The van der Waals surface area contributed by atoms with Crippen LogP contribution in [0.3, 0.4) is 0 Å². The van der Waals surface area contributed by atoms with Gasteiger partial charge in [0.05, 0.1) is 24.6 Å². The largest absolute Gasteiger partial charge is 0.461 e. The Balaban J connectivity index is 1.77. The fourth-order valence-electron chi connectivity index (χ4n) is 4.97. The van der Waals surface area contributed by atoms with Gasteiger partial charge in [-0.3, -0.25) is 0 Å². The molecule has 1 aliphatic rings. The molecule has 1 aliphatic heterocycles. The molecule has 0 fully saturated rings. The minimum Gasteiger partial charge on any atom is -0.461 e. The van der Waals surface area contributed by atoms with Crippen molar-refractivity contribution in [3.8, 4) is 5.75 Å². The second-order valence-corrected chi connectivity index (χ2v) is 12.8. The van der Waals surface area contributed by atoms with Gasteiger partial charge in [0.2, 0.25) is 5.79 Å². The standard InChI is InChI=1S/C30H31NO3P/c1-22-29-27(20-33-30(2,3)34-29)26(19-32)28(31-22)21-35(23-13-7-4-8-14-23,24-15-9-5-10-16-24)25-17-11-6-12-18-25/h4-18,32H,19-21H2,1-3H3/q+1.